The van der Waals surface area contributed by atoms with Gasteiger partial charge >= 0.3 is 0 Å². The zero-order valence-electron chi connectivity index (χ0n) is 14.5. The van der Waals surface area contributed by atoms with E-state index in [-0.39, 0.29) is 12.5 Å². The van der Waals surface area contributed by atoms with Crippen LogP contribution in [0.4, 0.5) is 0 Å². The number of thiazole rings is 1. The van der Waals surface area contributed by atoms with Crippen LogP contribution < -0.4 is 14.8 Å². The predicted octanol–water partition coefficient (Wildman–Crippen LogP) is 3.44. The van der Waals surface area contributed by atoms with Crippen molar-refractivity contribution in [2.24, 2.45) is 0 Å². The molecular formula is C20H20N2O3S. The third-order valence-corrected chi connectivity index (χ3v) is 4.68. The molecule has 0 saturated carbocycles. The van der Waals surface area contributed by atoms with E-state index in [4.69, 9.17) is 9.47 Å². The Bertz CT molecular complexity index is 849. The highest BCUT2D eigenvalue weighted by Crippen LogP contribution is 2.25. The Morgan fingerprint density at radius 3 is 2.58 bits per heavy atom. The number of carbonyl (C=O) groups excluding carboxylic acids is 1. The molecule has 134 valence electrons. The molecule has 2 aromatic carbocycles. The van der Waals surface area contributed by atoms with Crippen LogP contribution in [-0.2, 0) is 17.8 Å². The summed E-state index contributed by atoms with van der Waals surface area (Å²) >= 11 is 1.60. The first-order valence-corrected chi connectivity index (χ1v) is 9.06. The van der Waals surface area contributed by atoms with Gasteiger partial charge in [-0.05, 0) is 17.7 Å². The van der Waals surface area contributed by atoms with Crippen LogP contribution in [0.5, 0.6) is 11.5 Å². The van der Waals surface area contributed by atoms with Gasteiger partial charge in [-0.2, -0.15) is 0 Å². The molecule has 0 fully saturated rings. The Kier molecular flexibility index (Phi) is 6.22. The van der Waals surface area contributed by atoms with Gasteiger partial charge in [0, 0.05) is 17.5 Å². The summed E-state index contributed by atoms with van der Waals surface area (Å²) in [6, 6.07) is 17.5. The Morgan fingerprint density at radius 1 is 1.08 bits per heavy atom. The second kappa shape index (κ2) is 9.01. The van der Waals surface area contributed by atoms with Crippen molar-refractivity contribution < 1.29 is 14.3 Å². The lowest BCUT2D eigenvalue weighted by Gasteiger charge is -2.10. The molecule has 0 saturated heterocycles. The van der Waals surface area contributed by atoms with Crippen molar-refractivity contribution in [3.05, 3.63) is 76.2 Å². The van der Waals surface area contributed by atoms with Gasteiger partial charge in [0.25, 0.3) is 5.91 Å². The zero-order valence-corrected chi connectivity index (χ0v) is 15.3. The number of aromatic nitrogens is 1. The number of hydrogen-bond acceptors (Lipinski definition) is 5. The molecule has 3 rings (SSSR count). The van der Waals surface area contributed by atoms with E-state index < -0.39 is 0 Å². The molecule has 1 aromatic heterocycles. The van der Waals surface area contributed by atoms with Crippen LogP contribution in [0.1, 0.15) is 15.4 Å². The number of benzene rings is 2. The number of methoxy groups -OCH3 is 1. The fourth-order valence-corrected chi connectivity index (χ4v) is 3.31. The number of rotatable bonds is 8. The van der Waals surface area contributed by atoms with Gasteiger partial charge in [0.2, 0.25) is 0 Å². The summed E-state index contributed by atoms with van der Waals surface area (Å²) in [5, 5.41) is 3.70. The molecule has 0 spiro atoms. The number of carbonyl (C=O) groups is 1. The Hall–Kier alpha value is -2.86. The minimum Gasteiger partial charge on any atom is -0.493 e. The van der Waals surface area contributed by atoms with Gasteiger partial charge in [-0.3, -0.25) is 4.79 Å². The fourth-order valence-electron chi connectivity index (χ4n) is 2.42. The van der Waals surface area contributed by atoms with Crippen molar-refractivity contribution in [1.29, 1.82) is 0 Å². The predicted molar refractivity (Wildman–Crippen MR) is 102 cm³/mol. The van der Waals surface area contributed by atoms with E-state index in [1.807, 2.05) is 36.5 Å². The number of nitrogens with zero attached hydrogens (tertiary/aromatic N) is 1. The van der Waals surface area contributed by atoms with E-state index in [1.54, 1.807) is 30.6 Å². The number of ether oxygens (including phenoxy) is 2. The van der Waals surface area contributed by atoms with Crippen LogP contribution >= 0.6 is 11.3 Å². The van der Waals surface area contributed by atoms with Gasteiger partial charge in [0.05, 0.1) is 13.7 Å². The van der Waals surface area contributed by atoms with Crippen LogP contribution in [0, 0.1) is 0 Å². The molecule has 1 N–H and O–H groups in total. The second-order valence-electron chi connectivity index (χ2n) is 5.60. The minimum atomic E-state index is -0.198. The summed E-state index contributed by atoms with van der Waals surface area (Å²) in [5.74, 6) is 0.950. The molecule has 0 atom stereocenters. The van der Waals surface area contributed by atoms with Gasteiger partial charge in [-0.1, -0.05) is 42.5 Å². The third-order valence-electron chi connectivity index (χ3n) is 3.69. The molecule has 1 amide bonds. The average Bonchev–Trinajstić information content (AvgIpc) is 3.13. The fraction of sp³-hybridized carbons (Fsp3) is 0.200. The minimum absolute atomic E-state index is 0.0668. The Morgan fingerprint density at radius 2 is 1.81 bits per heavy atom. The SMILES string of the molecule is COc1ccccc1OCC(=O)NCc1ncc(Cc2ccccc2)s1. The van der Waals surface area contributed by atoms with Crippen molar-refractivity contribution in [3.63, 3.8) is 0 Å². The average molecular weight is 368 g/mol. The highest BCUT2D eigenvalue weighted by atomic mass is 32.1. The zero-order chi connectivity index (χ0) is 18.2. The van der Waals surface area contributed by atoms with Crippen molar-refractivity contribution in [3.8, 4) is 11.5 Å². The van der Waals surface area contributed by atoms with Crippen LogP contribution in [0.2, 0.25) is 0 Å². The first-order valence-electron chi connectivity index (χ1n) is 8.24. The van der Waals surface area contributed by atoms with E-state index in [9.17, 15) is 4.79 Å². The van der Waals surface area contributed by atoms with Crippen LogP contribution in [0.15, 0.2) is 60.8 Å². The van der Waals surface area contributed by atoms with Crippen LogP contribution in [0.3, 0.4) is 0 Å². The number of amides is 1. The van der Waals surface area contributed by atoms with E-state index in [1.165, 1.54) is 10.4 Å². The standard InChI is InChI=1S/C20H20N2O3S/c1-24-17-9-5-6-10-18(17)25-14-19(23)21-13-20-22-12-16(26-20)11-15-7-3-2-4-8-15/h2-10,12H,11,13-14H2,1H3,(H,21,23). The van der Waals surface area contributed by atoms with Gasteiger partial charge in [0.1, 0.15) is 5.01 Å². The molecule has 0 aliphatic carbocycles. The summed E-state index contributed by atoms with van der Waals surface area (Å²) in [5.41, 5.74) is 1.25. The molecule has 0 radical (unpaired) electrons. The molecule has 6 heteroatoms. The molecule has 3 aromatic rings. The Balaban J connectivity index is 1.46. The first kappa shape index (κ1) is 17.9. The Labute approximate surface area is 156 Å². The second-order valence-corrected chi connectivity index (χ2v) is 6.80. The molecule has 0 aliphatic heterocycles. The van der Waals surface area contributed by atoms with Crippen LogP contribution in [-0.4, -0.2) is 24.6 Å². The maximum absolute atomic E-state index is 12.0. The number of nitrogens with one attached hydrogen (secondary N) is 1. The maximum Gasteiger partial charge on any atom is 0.258 e. The van der Waals surface area contributed by atoms with Crippen molar-refractivity contribution in [2.75, 3.05) is 13.7 Å². The van der Waals surface area contributed by atoms with E-state index in [0.717, 1.165) is 11.4 Å². The van der Waals surface area contributed by atoms with Crippen molar-refractivity contribution in [1.82, 2.24) is 10.3 Å². The molecule has 0 bridgehead atoms. The summed E-state index contributed by atoms with van der Waals surface area (Å²) in [6.07, 6.45) is 2.72. The van der Waals surface area contributed by atoms with E-state index in [0.29, 0.717) is 18.0 Å². The number of para-hydroxylation sites is 2. The normalized spacial score (nSPS) is 10.3. The largest absolute Gasteiger partial charge is 0.493 e. The lowest BCUT2D eigenvalue weighted by molar-refractivity contribution is -0.123. The number of hydrogen-bond donors (Lipinski definition) is 1. The maximum atomic E-state index is 12.0. The first-order chi connectivity index (χ1) is 12.7. The summed E-state index contributed by atoms with van der Waals surface area (Å²) in [6.45, 7) is 0.330. The quantitative estimate of drug-likeness (QED) is 0.662. The van der Waals surface area contributed by atoms with Gasteiger partial charge < -0.3 is 14.8 Å². The molecule has 1 heterocycles. The van der Waals surface area contributed by atoms with Crippen molar-refractivity contribution >= 4 is 17.2 Å². The van der Waals surface area contributed by atoms with Crippen LogP contribution in [0.25, 0.3) is 0 Å². The third kappa shape index (κ3) is 5.07. The summed E-state index contributed by atoms with van der Waals surface area (Å²) < 4.78 is 10.7. The molecular weight excluding hydrogens is 348 g/mol. The molecule has 26 heavy (non-hydrogen) atoms. The lowest BCUT2D eigenvalue weighted by Crippen LogP contribution is -2.28. The van der Waals surface area contributed by atoms with Gasteiger partial charge in [-0.25, -0.2) is 4.98 Å². The highest BCUT2D eigenvalue weighted by Gasteiger charge is 2.08. The smallest absolute Gasteiger partial charge is 0.258 e. The summed E-state index contributed by atoms with van der Waals surface area (Å²) in [7, 11) is 1.57. The van der Waals surface area contributed by atoms with E-state index >= 15 is 0 Å². The topological polar surface area (TPSA) is 60.5 Å². The molecule has 5 nitrogen and oxygen atoms in total. The van der Waals surface area contributed by atoms with Gasteiger partial charge in [0.15, 0.2) is 18.1 Å². The monoisotopic (exact) mass is 368 g/mol. The molecule has 0 aliphatic rings. The lowest BCUT2D eigenvalue weighted by atomic mass is 10.1. The van der Waals surface area contributed by atoms with Gasteiger partial charge in [-0.15, -0.1) is 11.3 Å². The molecule has 0 unspecified atom stereocenters. The van der Waals surface area contributed by atoms with E-state index in [2.05, 4.69) is 22.4 Å². The van der Waals surface area contributed by atoms with Crippen molar-refractivity contribution in [2.45, 2.75) is 13.0 Å². The summed E-state index contributed by atoms with van der Waals surface area (Å²) in [4.78, 5) is 17.5. The highest BCUT2D eigenvalue weighted by molar-refractivity contribution is 7.11.